The second-order valence-corrected chi connectivity index (χ2v) is 3.52. The predicted molar refractivity (Wildman–Crippen MR) is 57.7 cm³/mol. The summed E-state index contributed by atoms with van der Waals surface area (Å²) in [6, 6.07) is 0. The molecule has 3 N–H and O–H groups in total. The van der Waals surface area contributed by atoms with Crippen molar-refractivity contribution in [1.29, 1.82) is 0 Å². The van der Waals surface area contributed by atoms with Crippen molar-refractivity contribution < 1.29 is 24.2 Å². The molecule has 1 rings (SSSR count). The first-order valence-electron chi connectivity index (χ1n) is 5.02. The van der Waals surface area contributed by atoms with Crippen molar-refractivity contribution in [2.45, 2.75) is 13.8 Å². The third kappa shape index (κ3) is 2.35. The first-order chi connectivity index (χ1) is 7.90. The number of hydrogen-bond donors (Lipinski definition) is 2. The molecule has 0 saturated carbocycles. The van der Waals surface area contributed by atoms with Gasteiger partial charge < -0.3 is 15.6 Å². The summed E-state index contributed by atoms with van der Waals surface area (Å²) in [4.78, 5) is 34.1. The van der Waals surface area contributed by atoms with E-state index in [1.165, 1.54) is 6.92 Å². The third-order valence-electron chi connectivity index (χ3n) is 2.34. The number of Topliss-reactive ketones (excluding diaryl/α,β-unsaturated/α-hetero) is 2. The average molecular weight is 239 g/mol. The van der Waals surface area contributed by atoms with Gasteiger partial charge in [-0.25, -0.2) is 4.79 Å². The molecular formula is C11H13NO5. The van der Waals surface area contributed by atoms with Gasteiger partial charge in [0.1, 0.15) is 11.7 Å². The minimum Gasteiger partial charge on any atom is -0.490 e. The van der Waals surface area contributed by atoms with Crippen LogP contribution in [0.15, 0.2) is 23.1 Å². The SMILES string of the molecule is CCOC1=CC(C(=O)O)=C(N)C(C(C)=O)C1=O. The summed E-state index contributed by atoms with van der Waals surface area (Å²) in [6.07, 6.45) is 1.06. The number of allylic oxidation sites excluding steroid dienone is 2. The third-order valence-corrected chi connectivity index (χ3v) is 2.34. The fourth-order valence-corrected chi connectivity index (χ4v) is 1.58. The van der Waals surface area contributed by atoms with E-state index < -0.39 is 23.5 Å². The molecule has 0 aliphatic heterocycles. The standard InChI is InChI=1S/C11H13NO5/c1-3-17-7-4-6(11(15)16)9(12)8(5(2)13)10(7)14/h4,8H,3,12H2,1-2H3,(H,15,16). The second kappa shape index (κ2) is 4.82. The molecule has 0 radical (unpaired) electrons. The minimum atomic E-state index is -1.29. The highest BCUT2D eigenvalue weighted by Gasteiger charge is 2.36. The highest BCUT2D eigenvalue weighted by atomic mass is 16.5. The van der Waals surface area contributed by atoms with Gasteiger partial charge in [0.05, 0.1) is 12.2 Å². The van der Waals surface area contributed by atoms with Gasteiger partial charge in [-0.1, -0.05) is 0 Å². The van der Waals surface area contributed by atoms with E-state index in [-0.39, 0.29) is 23.6 Å². The quantitative estimate of drug-likeness (QED) is 0.668. The second-order valence-electron chi connectivity index (χ2n) is 3.52. The van der Waals surface area contributed by atoms with E-state index in [1.54, 1.807) is 6.92 Å². The van der Waals surface area contributed by atoms with E-state index >= 15 is 0 Å². The number of aliphatic carboxylic acids is 1. The topological polar surface area (TPSA) is 107 Å². The van der Waals surface area contributed by atoms with Gasteiger partial charge in [-0.15, -0.1) is 0 Å². The molecule has 1 unspecified atom stereocenters. The number of carboxylic acid groups (broad SMARTS) is 1. The largest absolute Gasteiger partial charge is 0.490 e. The normalized spacial score (nSPS) is 20.0. The number of hydrogen-bond acceptors (Lipinski definition) is 5. The molecule has 0 spiro atoms. The number of nitrogens with two attached hydrogens (primary N) is 1. The van der Waals surface area contributed by atoms with Gasteiger partial charge in [-0.3, -0.25) is 9.59 Å². The first kappa shape index (κ1) is 13.0. The van der Waals surface area contributed by atoms with Crippen LogP contribution in [0.2, 0.25) is 0 Å². The summed E-state index contributed by atoms with van der Waals surface area (Å²) in [5.74, 6) is -3.79. The van der Waals surface area contributed by atoms with Crippen LogP contribution in [0.4, 0.5) is 0 Å². The number of ether oxygens (including phenoxy) is 1. The number of carbonyl (C=O) groups excluding carboxylic acids is 2. The fourth-order valence-electron chi connectivity index (χ4n) is 1.58. The number of ketones is 2. The molecule has 6 nitrogen and oxygen atoms in total. The van der Waals surface area contributed by atoms with Gasteiger partial charge in [0, 0.05) is 11.8 Å². The molecule has 17 heavy (non-hydrogen) atoms. The Bertz CT molecular complexity index is 447. The van der Waals surface area contributed by atoms with Gasteiger partial charge in [0.2, 0.25) is 5.78 Å². The molecule has 0 bridgehead atoms. The van der Waals surface area contributed by atoms with Crippen LogP contribution in [0.3, 0.4) is 0 Å². The molecule has 0 heterocycles. The van der Waals surface area contributed by atoms with Crippen molar-refractivity contribution in [3.05, 3.63) is 23.1 Å². The Labute approximate surface area is 97.7 Å². The molecule has 0 saturated heterocycles. The van der Waals surface area contributed by atoms with E-state index in [9.17, 15) is 14.4 Å². The smallest absolute Gasteiger partial charge is 0.337 e. The van der Waals surface area contributed by atoms with Gasteiger partial charge in [-0.2, -0.15) is 0 Å². The van der Waals surface area contributed by atoms with E-state index in [0.717, 1.165) is 6.08 Å². The maximum Gasteiger partial charge on any atom is 0.337 e. The Morgan fingerprint density at radius 3 is 2.53 bits per heavy atom. The lowest BCUT2D eigenvalue weighted by Crippen LogP contribution is -2.35. The van der Waals surface area contributed by atoms with Crippen molar-refractivity contribution in [2.75, 3.05) is 6.61 Å². The summed E-state index contributed by atoms with van der Waals surface area (Å²) < 4.78 is 5.01. The molecule has 0 amide bonds. The maximum absolute atomic E-state index is 11.8. The summed E-state index contributed by atoms with van der Waals surface area (Å²) in [6.45, 7) is 3.04. The fraction of sp³-hybridized carbons (Fsp3) is 0.364. The van der Waals surface area contributed by atoms with Gasteiger partial charge in [0.15, 0.2) is 5.76 Å². The zero-order valence-corrected chi connectivity index (χ0v) is 9.52. The number of rotatable bonds is 4. The average Bonchev–Trinajstić information content (AvgIpc) is 2.21. The van der Waals surface area contributed by atoms with E-state index in [4.69, 9.17) is 15.6 Å². The first-order valence-corrected chi connectivity index (χ1v) is 5.02. The molecule has 0 fully saturated rings. The van der Waals surface area contributed by atoms with Crippen LogP contribution in [0.25, 0.3) is 0 Å². The highest BCUT2D eigenvalue weighted by Crippen LogP contribution is 2.25. The molecule has 1 aliphatic carbocycles. The molecular weight excluding hydrogens is 226 g/mol. The zero-order valence-electron chi connectivity index (χ0n) is 9.52. The number of carbonyl (C=O) groups is 3. The van der Waals surface area contributed by atoms with Crippen LogP contribution >= 0.6 is 0 Å². The highest BCUT2D eigenvalue weighted by molar-refractivity contribution is 6.14. The zero-order chi connectivity index (χ0) is 13.2. The van der Waals surface area contributed by atoms with Gasteiger partial charge >= 0.3 is 5.97 Å². The van der Waals surface area contributed by atoms with Crippen molar-refractivity contribution in [3.8, 4) is 0 Å². The summed E-state index contributed by atoms with van der Waals surface area (Å²) >= 11 is 0. The van der Waals surface area contributed by atoms with Gasteiger partial charge in [0.25, 0.3) is 0 Å². The van der Waals surface area contributed by atoms with Crippen LogP contribution in [-0.4, -0.2) is 29.2 Å². The molecule has 92 valence electrons. The van der Waals surface area contributed by atoms with Crippen molar-refractivity contribution >= 4 is 17.5 Å². The Morgan fingerprint density at radius 1 is 1.53 bits per heavy atom. The summed E-state index contributed by atoms with van der Waals surface area (Å²) in [5, 5.41) is 8.92. The Hall–Kier alpha value is -2.11. The van der Waals surface area contributed by atoms with Crippen LogP contribution in [0.1, 0.15) is 13.8 Å². The lowest BCUT2D eigenvalue weighted by molar-refractivity contribution is -0.132. The summed E-state index contributed by atoms with van der Waals surface area (Å²) in [7, 11) is 0. The van der Waals surface area contributed by atoms with Crippen molar-refractivity contribution in [3.63, 3.8) is 0 Å². The molecule has 0 aromatic rings. The van der Waals surface area contributed by atoms with E-state index in [2.05, 4.69) is 0 Å². The van der Waals surface area contributed by atoms with E-state index in [1.807, 2.05) is 0 Å². The molecule has 1 atom stereocenters. The van der Waals surface area contributed by atoms with Gasteiger partial charge in [-0.05, 0) is 13.8 Å². The Balaban J connectivity index is 3.30. The molecule has 0 aromatic carbocycles. The molecule has 1 aliphatic rings. The van der Waals surface area contributed by atoms with Crippen molar-refractivity contribution in [1.82, 2.24) is 0 Å². The minimum absolute atomic E-state index is 0.140. The number of carboxylic acids is 1. The maximum atomic E-state index is 11.8. The van der Waals surface area contributed by atoms with Crippen LogP contribution in [-0.2, 0) is 19.1 Å². The lowest BCUT2D eigenvalue weighted by Gasteiger charge is -2.21. The Kier molecular flexibility index (Phi) is 3.67. The van der Waals surface area contributed by atoms with Crippen LogP contribution in [0, 0.1) is 5.92 Å². The van der Waals surface area contributed by atoms with E-state index in [0.29, 0.717) is 0 Å². The van der Waals surface area contributed by atoms with Crippen LogP contribution < -0.4 is 5.73 Å². The van der Waals surface area contributed by atoms with Crippen LogP contribution in [0.5, 0.6) is 0 Å². The molecule has 6 heteroatoms. The monoisotopic (exact) mass is 239 g/mol. The van der Waals surface area contributed by atoms with Crippen molar-refractivity contribution in [2.24, 2.45) is 11.7 Å². The summed E-state index contributed by atoms with van der Waals surface area (Å²) in [5.41, 5.74) is 5.02. The predicted octanol–water partition coefficient (Wildman–Crippen LogP) is -0.00790. The lowest BCUT2D eigenvalue weighted by atomic mass is 9.87. The molecule has 0 aromatic heterocycles. The Morgan fingerprint density at radius 2 is 2.12 bits per heavy atom.